The van der Waals surface area contributed by atoms with E-state index >= 15 is 0 Å². The highest BCUT2D eigenvalue weighted by Crippen LogP contribution is 2.10. The number of carboxylic acid groups (broad SMARTS) is 1. The summed E-state index contributed by atoms with van der Waals surface area (Å²) in [5, 5.41) is 11.4. The van der Waals surface area contributed by atoms with E-state index in [0.717, 1.165) is 0 Å². The topological polar surface area (TPSA) is 109 Å². The number of rotatable bonds is 5. The Bertz CT molecular complexity index is 542. The summed E-state index contributed by atoms with van der Waals surface area (Å²) in [4.78, 5) is 36.4. The maximum atomic E-state index is 12.3. The molecule has 0 saturated carbocycles. The van der Waals surface area contributed by atoms with Gasteiger partial charge in [0.05, 0.1) is 31.0 Å². The molecule has 8 heteroatoms. The van der Waals surface area contributed by atoms with Gasteiger partial charge in [-0.15, -0.1) is 0 Å². The Kier molecular flexibility index (Phi) is 5.16. The van der Waals surface area contributed by atoms with Crippen LogP contribution in [0.15, 0.2) is 23.0 Å². The molecule has 0 radical (unpaired) electrons. The van der Waals surface area contributed by atoms with E-state index in [1.807, 2.05) is 0 Å². The lowest BCUT2D eigenvalue weighted by atomic mass is 10.1. The van der Waals surface area contributed by atoms with Gasteiger partial charge in [-0.3, -0.25) is 14.4 Å². The molecule has 1 fully saturated rings. The van der Waals surface area contributed by atoms with E-state index in [2.05, 4.69) is 5.32 Å². The average Bonchev–Trinajstić information content (AvgIpc) is 3.00. The minimum Gasteiger partial charge on any atom is -0.481 e. The molecule has 2 unspecified atom stereocenters. The van der Waals surface area contributed by atoms with Gasteiger partial charge >= 0.3 is 5.97 Å². The number of hydrogen-bond acceptors (Lipinski definition) is 5. The molecule has 0 aromatic carbocycles. The van der Waals surface area contributed by atoms with Crippen molar-refractivity contribution in [3.63, 3.8) is 0 Å². The van der Waals surface area contributed by atoms with E-state index in [0.29, 0.717) is 12.1 Å². The third-order valence-electron chi connectivity index (χ3n) is 3.35. The molecule has 120 valence electrons. The number of nitrogens with zero attached hydrogens (tertiary/aromatic N) is 1. The second-order valence-corrected chi connectivity index (χ2v) is 5.08. The summed E-state index contributed by atoms with van der Waals surface area (Å²) >= 11 is 0. The first-order valence-corrected chi connectivity index (χ1v) is 6.92. The molecule has 0 aliphatic carbocycles. The molecule has 1 aliphatic rings. The van der Waals surface area contributed by atoms with Crippen LogP contribution in [0.1, 0.15) is 23.7 Å². The first-order chi connectivity index (χ1) is 10.5. The fourth-order valence-electron chi connectivity index (χ4n) is 2.25. The van der Waals surface area contributed by atoms with E-state index in [-0.39, 0.29) is 25.5 Å². The molecular formula is C14H18N2O6. The molecule has 8 nitrogen and oxygen atoms in total. The second-order valence-electron chi connectivity index (χ2n) is 5.08. The molecule has 2 rings (SSSR count). The van der Waals surface area contributed by atoms with E-state index in [4.69, 9.17) is 14.3 Å². The fraction of sp³-hybridized carbons (Fsp3) is 0.500. The van der Waals surface area contributed by atoms with Crippen LogP contribution in [0.5, 0.6) is 0 Å². The number of carboxylic acids is 1. The number of hydrogen-bond donors (Lipinski definition) is 2. The lowest BCUT2D eigenvalue weighted by Crippen LogP contribution is -2.53. The van der Waals surface area contributed by atoms with Crippen molar-refractivity contribution < 1.29 is 28.6 Å². The van der Waals surface area contributed by atoms with Crippen molar-refractivity contribution in [1.82, 2.24) is 10.2 Å². The van der Waals surface area contributed by atoms with E-state index < -0.39 is 24.0 Å². The number of furan rings is 1. The maximum absolute atomic E-state index is 12.3. The molecule has 1 aromatic heterocycles. The molecule has 1 aromatic rings. The third kappa shape index (κ3) is 4.08. The summed E-state index contributed by atoms with van der Waals surface area (Å²) in [5.41, 5.74) is 0.338. The Morgan fingerprint density at radius 1 is 1.50 bits per heavy atom. The van der Waals surface area contributed by atoms with Crippen LogP contribution in [0.2, 0.25) is 0 Å². The zero-order chi connectivity index (χ0) is 16.1. The SMILES string of the molecule is CC(NC(=O)c1ccoc1)C(=O)N1CCOC(CC(=O)O)C1. The van der Waals surface area contributed by atoms with Gasteiger partial charge in [-0.1, -0.05) is 0 Å². The summed E-state index contributed by atoms with van der Waals surface area (Å²) in [6.07, 6.45) is 2.00. The van der Waals surface area contributed by atoms with Crippen LogP contribution in [0.25, 0.3) is 0 Å². The van der Waals surface area contributed by atoms with Gasteiger partial charge in [-0.2, -0.15) is 0 Å². The molecule has 2 atom stereocenters. The molecule has 1 aliphatic heterocycles. The quantitative estimate of drug-likeness (QED) is 0.798. The van der Waals surface area contributed by atoms with Gasteiger partial charge in [-0.25, -0.2) is 0 Å². The normalized spacial score (nSPS) is 19.5. The molecule has 0 spiro atoms. The Hall–Kier alpha value is -2.35. The van der Waals surface area contributed by atoms with Crippen molar-refractivity contribution in [2.45, 2.75) is 25.5 Å². The lowest BCUT2D eigenvalue weighted by Gasteiger charge is -2.34. The largest absolute Gasteiger partial charge is 0.481 e. The summed E-state index contributed by atoms with van der Waals surface area (Å²) in [7, 11) is 0. The first-order valence-electron chi connectivity index (χ1n) is 6.92. The van der Waals surface area contributed by atoms with Gasteiger partial charge in [0.2, 0.25) is 5.91 Å². The Morgan fingerprint density at radius 3 is 2.91 bits per heavy atom. The van der Waals surface area contributed by atoms with Crippen molar-refractivity contribution >= 4 is 17.8 Å². The fourth-order valence-corrected chi connectivity index (χ4v) is 2.25. The average molecular weight is 310 g/mol. The number of amides is 2. The molecule has 2 N–H and O–H groups in total. The van der Waals surface area contributed by atoms with Gasteiger partial charge < -0.3 is 24.5 Å². The van der Waals surface area contributed by atoms with Crippen molar-refractivity contribution in [1.29, 1.82) is 0 Å². The van der Waals surface area contributed by atoms with Gasteiger partial charge in [-0.05, 0) is 13.0 Å². The third-order valence-corrected chi connectivity index (χ3v) is 3.35. The minimum absolute atomic E-state index is 0.153. The number of nitrogens with one attached hydrogen (secondary N) is 1. The maximum Gasteiger partial charge on any atom is 0.306 e. The van der Waals surface area contributed by atoms with Crippen LogP contribution in [0, 0.1) is 0 Å². The van der Waals surface area contributed by atoms with Crippen LogP contribution in [0.3, 0.4) is 0 Å². The zero-order valence-corrected chi connectivity index (χ0v) is 12.2. The summed E-state index contributed by atoms with van der Waals surface area (Å²) in [5.74, 6) is -1.64. The van der Waals surface area contributed by atoms with Gasteiger partial charge in [0, 0.05) is 13.1 Å². The number of carbonyl (C=O) groups excluding carboxylic acids is 2. The number of aliphatic carboxylic acids is 1. The smallest absolute Gasteiger partial charge is 0.306 e. The Morgan fingerprint density at radius 2 is 2.27 bits per heavy atom. The van der Waals surface area contributed by atoms with Crippen molar-refractivity contribution in [2.75, 3.05) is 19.7 Å². The summed E-state index contributed by atoms with van der Waals surface area (Å²) < 4.78 is 10.1. The molecule has 0 bridgehead atoms. The monoisotopic (exact) mass is 310 g/mol. The van der Waals surface area contributed by atoms with Crippen molar-refractivity contribution in [2.24, 2.45) is 0 Å². The van der Waals surface area contributed by atoms with Crippen LogP contribution >= 0.6 is 0 Å². The first kappa shape index (κ1) is 16.0. The highest BCUT2D eigenvalue weighted by Gasteiger charge is 2.29. The number of ether oxygens (including phenoxy) is 1. The summed E-state index contributed by atoms with van der Waals surface area (Å²) in [6, 6.07) is 0.787. The molecule has 2 amide bonds. The molecule has 22 heavy (non-hydrogen) atoms. The van der Waals surface area contributed by atoms with Crippen LogP contribution in [0.4, 0.5) is 0 Å². The van der Waals surface area contributed by atoms with E-state index in [1.165, 1.54) is 23.5 Å². The minimum atomic E-state index is -0.972. The van der Waals surface area contributed by atoms with Crippen LogP contribution in [-0.4, -0.2) is 59.6 Å². The zero-order valence-electron chi connectivity index (χ0n) is 12.2. The highest BCUT2D eigenvalue weighted by atomic mass is 16.5. The highest BCUT2D eigenvalue weighted by molar-refractivity contribution is 5.97. The van der Waals surface area contributed by atoms with Gasteiger partial charge in [0.1, 0.15) is 12.3 Å². The second kappa shape index (κ2) is 7.08. The Labute approximate surface area is 127 Å². The van der Waals surface area contributed by atoms with Crippen LogP contribution in [-0.2, 0) is 14.3 Å². The van der Waals surface area contributed by atoms with E-state index in [1.54, 1.807) is 6.92 Å². The molecular weight excluding hydrogens is 292 g/mol. The standard InChI is InChI=1S/C14H18N2O6/c1-9(15-13(19)10-2-4-21-8-10)14(20)16-3-5-22-11(7-16)6-12(17)18/h2,4,8-9,11H,3,5-7H2,1H3,(H,15,19)(H,17,18). The van der Waals surface area contributed by atoms with Gasteiger partial charge in [0.15, 0.2) is 0 Å². The number of carbonyl (C=O) groups is 3. The number of morpholine rings is 1. The lowest BCUT2D eigenvalue weighted by molar-refractivity contribution is -0.148. The van der Waals surface area contributed by atoms with Gasteiger partial charge in [0.25, 0.3) is 5.91 Å². The molecule has 1 saturated heterocycles. The molecule has 2 heterocycles. The summed E-state index contributed by atoms with van der Waals surface area (Å²) in [6.45, 7) is 2.45. The van der Waals surface area contributed by atoms with Crippen molar-refractivity contribution in [3.8, 4) is 0 Å². The predicted molar refractivity (Wildman–Crippen MR) is 74.2 cm³/mol. The Balaban J connectivity index is 1.89. The van der Waals surface area contributed by atoms with Crippen molar-refractivity contribution in [3.05, 3.63) is 24.2 Å². The van der Waals surface area contributed by atoms with E-state index in [9.17, 15) is 14.4 Å². The predicted octanol–water partition coefficient (Wildman–Crippen LogP) is 0.100. The van der Waals surface area contributed by atoms with Crippen LogP contribution < -0.4 is 5.32 Å².